The monoisotopic (exact) mass is 224 g/mol. The first-order chi connectivity index (χ1) is 7.52. The molecule has 92 valence electrons. The Balaban J connectivity index is 2.02. The van der Waals surface area contributed by atoms with Crippen LogP contribution < -0.4 is 11.1 Å². The molecular formula is C13H24N2O. The molecule has 16 heavy (non-hydrogen) atoms. The summed E-state index contributed by atoms with van der Waals surface area (Å²) in [6, 6.07) is 0.0430. The zero-order valence-corrected chi connectivity index (χ0v) is 10.5. The van der Waals surface area contributed by atoms with Gasteiger partial charge in [-0.2, -0.15) is 0 Å². The minimum absolute atomic E-state index is 0.0430. The molecule has 2 fully saturated rings. The number of carbonyl (C=O) groups excluding carboxylic acids is 1. The number of hydrogen-bond acceptors (Lipinski definition) is 2. The fourth-order valence-electron chi connectivity index (χ4n) is 3.03. The summed E-state index contributed by atoms with van der Waals surface area (Å²) < 4.78 is 0. The summed E-state index contributed by atoms with van der Waals surface area (Å²) in [5, 5.41) is 3.27. The van der Waals surface area contributed by atoms with Crippen molar-refractivity contribution in [1.29, 1.82) is 0 Å². The van der Waals surface area contributed by atoms with E-state index in [4.69, 9.17) is 5.73 Å². The van der Waals surface area contributed by atoms with E-state index in [-0.39, 0.29) is 22.9 Å². The van der Waals surface area contributed by atoms with Crippen LogP contribution in [0.2, 0.25) is 0 Å². The summed E-state index contributed by atoms with van der Waals surface area (Å²) in [6.07, 6.45) is 7.59. The first-order valence-corrected chi connectivity index (χ1v) is 6.61. The summed E-state index contributed by atoms with van der Waals surface area (Å²) in [4.78, 5) is 12.4. The van der Waals surface area contributed by atoms with Crippen LogP contribution in [0.1, 0.15) is 58.8 Å². The second kappa shape index (κ2) is 4.02. The molecule has 0 aromatic carbocycles. The van der Waals surface area contributed by atoms with Gasteiger partial charge in [0.1, 0.15) is 0 Å². The molecule has 0 spiro atoms. The average molecular weight is 224 g/mol. The highest BCUT2D eigenvalue weighted by Crippen LogP contribution is 2.40. The van der Waals surface area contributed by atoms with Gasteiger partial charge in [0.15, 0.2) is 0 Å². The van der Waals surface area contributed by atoms with Crippen LogP contribution in [-0.4, -0.2) is 17.5 Å². The van der Waals surface area contributed by atoms with E-state index in [1.54, 1.807) is 0 Å². The van der Waals surface area contributed by atoms with Gasteiger partial charge in [0, 0.05) is 11.6 Å². The zero-order valence-electron chi connectivity index (χ0n) is 10.5. The van der Waals surface area contributed by atoms with E-state index in [0.717, 1.165) is 38.5 Å². The topological polar surface area (TPSA) is 55.1 Å². The van der Waals surface area contributed by atoms with Crippen LogP contribution in [0.5, 0.6) is 0 Å². The van der Waals surface area contributed by atoms with Gasteiger partial charge in [-0.25, -0.2) is 0 Å². The van der Waals surface area contributed by atoms with Gasteiger partial charge in [0.05, 0.1) is 5.41 Å². The fraction of sp³-hybridized carbons (Fsp3) is 0.923. The Bertz CT molecular complexity index is 280. The molecule has 2 unspecified atom stereocenters. The van der Waals surface area contributed by atoms with Gasteiger partial charge >= 0.3 is 0 Å². The molecule has 3 nitrogen and oxygen atoms in total. The molecule has 2 saturated carbocycles. The molecule has 1 amide bonds. The Morgan fingerprint density at radius 2 is 2.06 bits per heavy atom. The molecule has 0 aromatic rings. The van der Waals surface area contributed by atoms with Crippen molar-refractivity contribution in [3.05, 3.63) is 0 Å². The molecule has 2 aliphatic rings. The molecule has 0 aliphatic heterocycles. The number of rotatable bonds is 3. The second-order valence-corrected chi connectivity index (χ2v) is 5.86. The van der Waals surface area contributed by atoms with Gasteiger partial charge in [-0.3, -0.25) is 4.79 Å². The smallest absolute Gasteiger partial charge is 0.227 e. The third kappa shape index (κ3) is 1.75. The highest BCUT2D eigenvalue weighted by molar-refractivity contribution is 5.84. The lowest BCUT2D eigenvalue weighted by Gasteiger charge is -2.44. The quantitative estimate of drug-likeness (QED) is 0.770. The first-order valence-electron chi connectivity index (χ1n) is 6.61. The van der Waals surface area contributed by atoms with Crippen molar-refractivity contribution in [3.63, 3.8) is 0 Å². The van der Waals surface area contributed by atoms with E-state index in [1.165, 1.54) is 6.42 Å². The fourth-order valence-corrected chi connectivity index (χ4v) is 3.03. The Morgan fingerprint density at radius 3 is 2.44 bits per heavy atom. The van der Waals surface area contributed by atoms with Crippen LogP contribution in [0.25, 0.3) is 0 Å². The highest BCUT2D eigenvalue weighted by atomic mass is 16.2. The molecule has 0 saturated heterocycles. The summed E-state index contributed by atoms with van der Waals surface area (Å²) in [7, 11) is 0. The molecule has 0 aromatic heterocycles. The summed E-state index contributed by atoms with van der Waals surface area (Å²) >= 11 is 0. The van der Waals surface area contributed by atoms with E-state index in [2.05, 4.69) is 12.2 Å². The van der Waals surface area contributed by atoms with E-state index < -0.39 is 0 Å². The zero-order chi connectivity index (χ0) is 11.8. The average Bonchev–Trinajstić information content (AvgIpc) is 2.54. The standard InChI is InChI=1S/C13H24N2O/c1-3-13(8-5-9-13)15-11(16)12(2)7-4-6-10(12)14/h10H,3-9,14H2,1-2H3,(H,15,16). The Morgan fingerprint density at radius 1 is 1.38 bits per heavy atom. The van der Waals surface area contributed by atoms with Crippen LogP contribution >= 0.6 is 0 Å². The molecule has 0 radical (unpaired) electrons. The SMILES string of the molecule is CCC1(NC(=O)C2(C)CCCC2N)CCC1. The van der Waals surface area contributed by atoms with Crippen LogP contribution in [-0.2, 0) is 4.79 Å². The van der Waals surface area contributed by atoms with Gasteiger partial charge in [-0.05, 0) is 45.4 Å². The van der Waals surface area contributed by atoms with Gasteiger partial charge < -0.3 is 11.1 Å². The van der Waals surface area contributed by atoms with Gasteiger partial charge in [0.2, 0.25) is 5.91 Å². The summed E-state index contributed by atoms with van der Waals surface area (Å²) in [6.45, 7) is 4.19. The molecule has 3 N–H and O–H groups in total. The van der Waals surface area contributed by atoms with E-state index in [9.17, 15) is 4.79 Å². The Kier molecular flexibility index (Phi) is 2.99. The Labute approximate surface area is 98.2 Å². The third-order valence-electron chi connectivity index (χ3n) is 4.91. The lowest BCUT2D eigenvalue weighted by molar-refractivity contribution is -0.133. The molecular weight excluding hydrogens is 200 g/mol. The van der Waals surface area contributed by atoms with Crippen molar-refractivity contribution in [2.45, 2.75) is 70.4 Å². The van der Waals surface area contributed by atoms with Crippen molar-refractivity contribution < 1.29 is 4.79 Å². The largest absolute Gasteiger partial charge is 0.350 e. The maximum Gasteiger partial charge on any atom is 0.227 e. The number of amides is 1. The third-order valence-corrected chi connectivity index (χ3v) is 4.91. The lowest BCUT2D eigenvalue weighted by atomic mass is 9.73. The van der Waals surface area contributed by atoms with Crippen molar-refractivity contribution in [2.75, 3.05) is 0 Å². The number of carbonyl (C=O) groups is 1. The molecule has 2 atom stereocenters. The predicted octanol–water partition coefficient (Wildman–Crippen LogP) is 1.95. The van der Waals surface area contributed by atoms with Crippen LogP contribution in [0.15, 0.2) is 0 Å². The second-order valence-electron chi connectivity index (χ2n) is 5.86. The maximum absolute atomic E-state index is 12.4. The van der Waals surface area contributed by atoms with Crippen molar-refractivity contribution >= 4 is 5.91 Å². The van der Waals surface area contributed by atoms with E-state index >= 15 is 0 Å². The molecule has 2 rings (SSSR count). The molecule has 2 aliphatic carbocycles. The van der Waals surface area contributed by atoms with Crippen molar-refractivity contribution in [2.24, 2.45) is 11.1 Å². The van der Waals surface area contributed by atoms with Gasteiger partial charge in [-0.15, -0.1) is 0 Å². The van der Waals surface area contributed by atoms with Crippen LogP contribution in [0.3, 0.4) is 0 Å². The maximum atomic E-state index is 12.4. The van der Waals surface area contributed by atoms with Gasteiger partial charge in [0.25, 0.3) is 0 Å². The number of nitrogens with two attached hydrogens (primary N) is 1. The molecule has 0 bridgehead atoms. The van der Waals surface area contributed by atoms with Gasteiger partial charge in [-0.1, -0.05) is 13.3 Å². The summed E-state index contributed by atoms with van der Waals surface area (Å²) in [5.74, 6) is 0.194. The molecule has 3 heteroatoms. The van der Waals surface area contributed by atoms with E-state index in [0.29, 0.717) is 0 Å². The summed E-state index contributed by atoms with van der Waals surface area (Å²) in [5.41, 5.74) is 5.85. The number of nitrogens with one attached hydrogen (secondary N) is 1. The van der Waals surface area contributed by atoms with Crippen molar-refractivity contribution in [3.8, 4) is 0 Å². The Hall–Kier alpha value is -0.570. The predicted molar refractivity (Wildman–Crippen MR) is 64.9 cm³/mol. The first kappa shape index (κ1) is 11.9. The van der Waals surface area contributed by atoms with E-state index in [1.807, 2.05) is 6.92 Å². The number of hydrogen-bond donors (Lipinski definition) is 2. The minimum atomic E-state index is -0.322. The van der Waals surface area contributed by atoms with Crippen LogP contribution in [0.4, 0.5) is 0 Å². The van der Waals surface area contributed by atoms with Crippen LogP contribution in [0, 0.1) is 5.41 Å². The minimum Gasteiger partial charge on any atom is -0.350 e. The lowest BCUT2D eigenvalue weighted by Crippen LogP contribution is -2.58. The normalized spacial score (nSPS) is 36.8. The molecule has 0 heterocycles. The highest BCUT2D eigenvalue weighted by Gasteiger charge is 2.46. The van der Waals surface area contributed by atoms with Crippen molar-refractivity contribution in [1.82, 2.24) is 5.32 Å².